The van der Waals surface area contributed by atoms with Crippen molar-refractivity contribution in [1.29, 1.82) is 0 Å². The highest BCUT2D eigenvalue weighted by Crippen LogP contribution is 2.45. The largest absolute Gasteiger partial charge is 0.325 e. The summed E-state index contributed by atoms with van der Waals surface area (Å²) in [5, 5.41) is 3.96. The van der Waals surface area contributed by atoms with E-state index in [1.807, 2.05) is 19.1 Å². The first-order valence-electron chi connectivity index (χ1n) is 6.77. The van der Waals surface area contributed by atoms with Gasteiger partial charge in [-0.15, -0.1) is 0 Å². The van der Waals surface area contributed by atoms with Crippen LogP contribution in [-0.2, 0) is 16.6 Å². The highest BCUT2D eigenvalue weighted by atomic mass is 35.5. The molecule has 3 rings (SSSR count). The van der Waals surface area contributed by atoms with Crippen LogP contribution in [0.25, 0.3) is 0 Å². The van der Waals surface area contributed by atoms with Gasteiger partial charge in [0.15, 0.2) is 0 Å². The number of halogens is 2. The molecule has 1 heterocycles. The summed E-state index contributed by atoms with van der Waals surface area (Å²) in [6, 6.07) is 11.5. The molecule has 1 unspecified atom stereocenters. The summed E-state index contributed by atoms with van der Waals surface area (Å²) in [4.78, 5) is 12.5. The van der Waals surface area contributed by atoms with Crippen LogP contribution < -0.4 is 5.32 Å². The minimum atomic E-state index is -0.677. The number of hydrogen-bond donors (Lipinski definition) is 1. The van der Waals surface area contributed by atoms with Crippen LogP contribution in [0.4, 0.5) is 5.69 Å². The van der Waals surface area contributed by atoms with Crippen LogP contribution in [0.15, 0.2) is 36.4 Å². The van der Waals surface area contributed by atoms with E-state index in [4.69, 9.17) is 23.2 Å². The van der Waals surface area contributed by atoms with E-state index in [0.717, 1.165) is 11.1 Å². The first-order valence-corrected chi connectivity index (χ1v) is 7.53. The maximum Gasteiger partial charge on any atom is 0.235 e. The molecular formula is C17H15Cl2NO. The summed E-state index contributed by atoms with van der Waals surface area (Å²) >= 11 is 12.4. The highest BCUT2D eigenvalue weighted by Gasteiger charge is 2.44. The van der Waals surface area contributed by atoms with Crippen LogP contribution in [0.1, 0.15) is 23.6 Å². The summed E-state index contributed by atoms with van der Waals surface area (Å²) in [6.45, 7) is 3.98. The van der Waals surface area contributed by atoms with Crippen molar-refractivity contribution in [1.82, 2.24) is 0 Å². The van der Waals surface area contributed by atoms with Crippen molar-refractivity contribution < 1.29 is 4.79 Å². The normalized spacial score (nSPS) is 20.3. The number of rotatable bonds is 2. The molecule has 2 nitrogen and oxygen atoms in total. The van der Waals surface area contributed by atoms with Crippen molar-refractivity contribution in [2.24, 2.45) is 0 Å². The first-order chi connectivity index (χ1) is 9.91. The molecule has 108 valence electrons. The number of hydrogen-bond acceptors (Lipinski definition) is 1. The van der Waals surface area contributed by atoms with E-state index in [1.54, 1.807) is 12.1 Å². The smallest absolute Gasteiger partial charge is 0.235 e. The molecule has 1 atom stereocenters. The summed E-state index contributed by atoms with van der Waals surface area (Å²) in [5.41, 5.74) is 3.19. The zero-order valence-electron chi connectivity index (χ0n) is 11.8. The zero-order chi connectivity index (χ0) is 15.2. The molecule has 0 fully saturated rings. The summed E-state index contributed by atoms with van der Waals surface area (Å²) < 4.78 is 0. The summed E-state index contributed by atoms with van der Waals surface area (Å²) in [7, 11) is 0. The molecule has 0 saturated carbocycles. The predicted molar refractivity (Wildman–Crippen MR) is 87.3 cm³/mol. The van der Waals surface area contributed by atoms with Crippen LogP contribution >= 0.6 is 23.2 Å². The third-order valence-corrected chi connectivity index (χ3v) is 4.68. The maximum absolute atomic E-state index is 12.5. The molecule has 0 bridgehead atoms. The third-order valence-electron chi connectivity index (χ3n) is 4.16. The fourth-order valence-electron chi connectivity index (χ4n) is 2.96. The Morgan fingerprint density at radius 2 is 1.90 bits per heavy atom. The van der Waals surface area contributed by atoms with Gasteiger partial charge < -0.3 is 5.32 Å². The van der Waals surface area contributed by atoms with Gasteiger partial charge in [0, 0.05) is 21.3 Å². The van der Waals surface area contributed by atoms with Gasteiger partial charge in [-0.25, -0.2) is 0 Å². The van der Waals surface area contributed by atoms with Crippen molar-refractivity contribution in [3.63, 3.8) is 0 Å². The van der Waals surface area contributed by atoms with Gasteiger partial charge in [-0.2, -0.15) is 0 Å². The second-order valence-electron chi connectivity index (χ2n) is 5.70. The van der Waals surface area contributed by atoms with Crippen LogP contribution in [0, 0.1) is 6.92 Å². The second-order valence-corrected chi connectivity index (χ2v) is 6.54. The average Bonchev–Trinajstić information content (AvgIpc) is 2.64. The molecule has 1 aliphatic rings. The lowest BCUT2D eigenvalue weighted by Crippen LogP contribution is -2.33. The van der Waals surface area contributed by atoms with Gasteiger partial charge in [-0.1, -0.05) is 47.5 Å². The number of aryl methyl sites for hydroxylation is 1. The Bertz CT molecular complexity index is 742. The molecule has 1 amide bonds. The van der Waals surface area contributed by atoms with Crippen molar-refractivity contribution >= 4 is 34.8 Å². The molecule has 0 saturated heterocycles. The molecule has 2 aromatic carbocycles. The minimum Gasteiger partial charge on any atom is -0.325 e. The molecular weight excluding hydrogens is 305 g/mol. The molecule has 2 aromatic rings. The van der Waals surface area contributed by atoms with Crippen molar-refractivity contribution in [2.45, 2.75) is 25.7 Å². The van der Waals surface area contributed by atoms with Gasteiger partial charge in [0.25, 0.3) is 0 Å². The Morgan fingerprint density at radius 3 is 2.62 bits per heavy atom. The van der Waals surface area contributed by atoms with E-state index in [9.17, 15) is 4.79 Å². The Balaban J connectivity index is 2.11. The van der Waals surface area contributed by atoms with E-state index >= 15 is 0 Å². The maximum atomic E-state index is 12.5. The van der Waals surface area contributed by atoms with Gasteiger partial charge in [-0.3, -0.25) is 4.79 Å². The third kappa shape index (κ3) is 2.33. The molecule has 1 N–H and O–H groups in total. The van der Waals surface area contributed by atoms with Crippen LogP contribution in [0.3, 0.4) is 0 Å². The fraction of sp³-hybridized carbons (Fsp3) is 0.235. The highest BCUT2D eigenvalue weighted by molar-refractivity contribution is 6.36. The lowest BCUT2D eigenvalue weighted by atomic mass is 9.77. The SMILES string of the molecule is Cc1ccccc1CC1(C)C(=O)Nc2cc(Cl)cc(Cl)c21. The van der Waals surface area contributed by atoms with Gasteiger partial charge in [-0.05, 0) is 43.5 Å². The average molecular weight is 320 g/mol. The van der Waals surface area contributed by atoms with E-state index in [2.05, 4.69) is 24.4 Å². The van der Waals surface area contributed by atoms with Crippen LogP contribution in [0.5, 0.6) is 0 Å². The standard InChI is InChI=1S/C17H15Cl2NO/c1-10-5-3-4-6-11(10)9-17(2)15-13(19)7-12(18)8-14(15)20-16(17)21/h3-8H,9H2,1-2H3,(H,20,21). The Kier molecular flexibility index (Phi) is 3.46. The van der Waals surface area contributed by atoms with Crippen molar-refractivity contribution in [3.05, 3.63) is 63.1 Å². The Hall–Kier alpha value is -1.51. The van der Waals surface area contributed by atoms with E-state index in [1.165, 1.54) is 5.56 Å². The molecule has 0 spiro atoms. The summed E-state index contributed by atoms with van der Waals surface area (Å²) in [6.07, 6.45) is 0.611. The number of carbonyl (C=O) groups excluding carboxylic acids is 1. The number of amides is 1. The Morgan fingerprint density at radius 1 is 1.19 bits per heavy atom. The van der Waals surface area contributed by atoms with E-state index < -0.39 is 5.41 Å². The number of carbonyl (C=O) groups is 1. The lowest BCUT2D eigenvalue weighted by molar-refractivity contribution is -0.120. The molecule has 4 heteroatoms. The van der Waals surface area contributed by atoms with Crippen LogP contribution in [-0.4, -0.2) is 5.91 Å². The molecule has 0 aliphatic carbocycles. The lowest BCUT2D eigenvalue weighted by Gasteiger charge is -2.24. The first kappa shape index (κ1) is 14.4. The van der Waals surface area contributed by atoms with Gasteiger partial charge in [0.2, 0.25) is 5.91 Å². The van der Waals surface area contributed by atoms with Gasteiger partial charge in [0.05, 0.1) is 5.41 Å². The van der Waals surface area contributed by atoms with Gasteiger partial charge in [0.1, 0.15) is 0 Å². The quantitative estimate of drug-likeness (QED) is 0.850. The topological polar surface area (TPSA) is 29.1 Å². The Labute approximate surface area is 134 Å². The van der Waals surface area contributed by atoms with Gasteiger partial charge >= 0.3 is 0 Å². The monoisotopic (exact) mass is 319 g/mol. The minimum absolute atomic E-state index is 0.0371. The van der Waals surface area contributed by atoms with Crippen molar-refractivity contribution in [2.75, 3.05) is 5.32 Å². The van der Waals surface area contributed by atoms with E-state index in [0.29, 0.717) is 22.2 Å². The number of fused-ring (bicyclic) bond motifs is 1. The van der Waals surface area contributed by atoms with Crippen molar-refractivity contribution in [3.8, 4) is 0 Å². The molecule has 1 aliphatic heterocycles. The van der Waals surface area contributed by atoms with E-state index in [-0.39, 0.29) is 5.91 Å². The molecule has 0 radical (unpaired) electrons. The summed E-state index contributed by atoms with van der Waals surface area (Å²) in [5.74, 6) is -0.0371. The zero-order valence-corrected chi connectivity index (χ0v) is 13.3. The number of benzene rings is 2. The number of anilines is 1. The second kappa shape index (κ2) is 5.04. The molecule has 21 heavy (non-hydrogen) atoms. The number of nitrogens with one attached hydrogen (secondary N) is 1. The predicted octanol–water partition coefficient (Wildman–Crippen LogP) is 4.75. The van der Waals surface area contributed by atoms with Crippen LogP contribution in [0.2, 0.25) is 10.0 Å². The fourth-order valence-corrected chi connectivity index (χ4v) is 3.67. The molecule has 0 aromatic heterocycles.